The fraction of sp³-hybridized carbons (Fsp3) is 0.167. The van der Waals surface area contributed by atoms with Crippen LogP contribution >= 0.6 is 0 Å². The van der Waals surface area contributed by atoms with Crippen LogP contribution in [0.3, 0.4) is 0 Å². The minimum absolute atomic E-state index is 0.418. The molecule has 0 aromatic heterocycles. The molecule has 0 aliphatic rings. The SMILES string of the molecule is C[C@H](NC(=O)/C=C\c1ccccc1)C(=O)O. The van der Waals surface area contributed by atoms with Crippen molar-refractivity contribution in [3.05, 3.63) is 42.0 Å². The Morgan fingerprint density at radius 2 is 1.94 bits per heavy atom. The van der Waals surface area contributed by atoms with Crippen LogP contribution in [0.5, 0.6) is 0 Å². The van der Waals surface area contributed by atoms with Gasteiger partial charge in [-0.3, -0.25) is 9.59 Å². The van der Waals surface area contributed by atoms with Gasteiger partial charge in [0.15, 0.2) is 0 Å². The Kier molecular flexibility index (Phi) is 4.27. The smallest absolute Gasteiger partial charge is 0.325 e. The van der Waals surface area contributed by atoms with Crippen molar-refractivity contribution in [1.29, 1.82) is 0 Å². The van der Waals surface area contributed by atoms with Gasteiger partial charge in [0.2, 0.25) is 5.91 Å². The predicted octanol–water partition coefficient (Wildman–Crippen LogP) is 1.29. The lowest BCUT2D eigenvalue weighted by Gasteiger charge is -2.05. The number of hydrogen-bond acceptors (Lipinski definition) is 2. The molecule has 0 fully saturated rings. The molecule has 16 heavy (non-hydrogen) atoms. The Hall–Kier alpha value is -2.10. The topological polar surface area (TPSA) is 66.4 Å². The van der Waals surface area contributed by atoms with Crippen LogP contribution in [0.4, 0.5) is 0 Å². The van der Waals surface area contributed by atoms with Crippen molar-refractivity contribution in [2.24, 2.45) is 0 Å². The predicted molar refractivity (Wildman–Crippen MR) is 60.7 cm³/mol. The van der Waals surface area contributed by atoms with Crippen molar-refractivity contribution in [3.8, 4) is 0 Å². The van der Waals surface area contributed by atoms with E-state index in [1.807, 2.05) is 30.3 Å². The maximum absolute atomic E-state index is 11.3. The second-order valence-electron chi connectivity index (χ2n) is 3.31. The summed E-state index contributed by atoms with van der Waals surface area (Å²) >= 11 is 0. The quantitative estimate of drug-likeness (QED) is 0.750. The van der Waals surface area contributed by atoms with E-state index in [1.165, 1.54) is 13.0 Å². The fourth-order valence-electron chi connectivity index (χ4n) is 1.06. The third-order valence-electron chi connectivity index (χ3n) is 1.96. The highest BCUT2D eigenvalue weighted by atomic mass is 16.4. The molecule has 0 spiro atoms. The molecule has 0 heterocycles. The van der Waals surface area contributed by atoms with E-state index in [0.717, 1.165) is 5.56 Å². The van der Waals surface area contributed by atoms with Gasteiger partial charge in [0.25, 0.3) is 0 Å². The Bertz CT molecular complexity index is 398. The molecule has 0 aliphatic heterocycles. The summed E-state index contributed by atoms with van der Waals surface area (Å²) in [5.74, 6) is -1.47. The lowest BCUT2D eigenvalue weighted by molar-refractivity contribution is -0.140. The zero-order chi connectivity index (χ0) is 12.0. The van der Waals surface area contributed by atoms with Gasteiger partial charge in [-0.2, -0.15) is 0 Å². The van der Waals surface area contributed by atoms with Crippen molar-refractivity contribution in [2.75, 3.05) is 0 Å². The molecular formula is C12H13NO3. The molecule has 1 amide bonds. The molecule has 0 saturated carbocycles. The van der Waals surface area contributed by atoms with Gasteiger partial charge in [-0.15, -0.1) is 0 Å². The highest BCUT2D eigenvalue weighted by molar-refractivity contribution is 5.94. The summed E-state index contributed by atoms with van der Waals surface area (Å²) in [6, 6.07) is 8.42. The summed E-state index contributed by atoms with van der Waals surface area (Å²) in [7, 11) is 0. The molecule has 1 rings (SSSR count). The molecular weight excluding hydrogens is 206 g/mol. The summed E-state index contributed by atoms with van der Waals surface area (Å²) < 4.78 is 0. The molecule has 0 aliphatic carbocycles. The van der Waals surface area contributed by atoms with Gasteiger partial charge < -0.3 is 10.4 Å². The normalized spacial score (nSPS) is 12.3. The van der Waals surface area contributed by atoms with E-state index >= 15 is 0 Å². The fourth-order valence-corrected chi connectivity index (χ4v) is 1.06. The second kappa shape index (κ2) is 5.70. The number of carbonyl (C=O) groups is 2. The van der Waals surface area contributed by atoms with E-state index in [0.29, 0.717) is 0 Å². The van der Waals surface area contributed by atoms with Crippen LogP contribution in [-0.4, -0.2) is 23.0 Å². The molecule has 0 bridgehead atoms. The van der Waals surface area contributed by atoms with E-state index in [-0.39, 0.29) is 0 Å². The number of nitrogens with one attached hydrogen (secondary N) is 1. The average molecular weight is 219 g/mol. The van der Waals surface area contributed by atoms with Crippen LogP contribution in [0, 0.1) is 0 Å². The van der Waals surface area contributed by atoms with Gasteiger partial charge in [0.1, 0.15) is 6.04 Å². The van der Waals surface area contributed by atoms with Crippen molar-refractivity contribution < 1.29 is 14.7 Å². The lowest BCUT2D eigenvalue weighted by atomic mass is 10.2. The molecule has 0 unspecified atom stereocenters. The van der Waals surface area contributed by atoms with E-state index < -0.39 is 17.9 Å². The van der Waals surface area contributed by atoms with Gasteiger partial charge in [-0.05, 0) is 18.6 Å². The average Bonchev–Trinajstić information content (AvgIpc) is 2.27. The van der Waals surface area contributed by atoms with Gasteiger partial charge in [-0.1, -0.05) is 30.3 Å². The summed E-state index contributed by atoms with van der Waals surface area (Å²) in [5.41, 5.74) is 0.889. The van der Waals surface area contributed by atoms with Crippen molar-refractivity contribution in [1.82, 2.24) is 5.32 Å². The van der Waals surface area contributed by atoms with Gasteiger partial charge in [-0.25, -0.2) is 0 Å². The highest BCUT2D eigenvalue weighted by Gasteiger charge is 2.11. The van der Waals surface area contributed by atoms with Crippen LogP contribution in [-0.2, 0) is 9.59 Å². The zero-order valence-electron chi connectivity index (χ0n) is 8.88. The molecule has 0 saturated heterocycles. The molecule has 1 aromatic rings. The number of aliphatic carboxylic acids is 1. The molecule has 2 N–H and O–H groups in total. The molecule has 4 nitrogen and oxygen atoms in total. The first-order chi connectivity index (χ1) is 7.59. The Labute approximate surface area is 93.6 Å². The highest BCUT2D eigenvalue weighted by Crippen LogP contribution is 2.00. The first kappa shape index (κ1) is 12.0. The number of carboxylic acids is 1. The Balaban J connectivity index is 2.52. The maximum atomic E-state index is 11.3. The number of rotatable bonds is 4. The van der Waals surface area contributed by atoms with Crippen molar-refractivity contribution >= 4 is 18.0 Å². The van der Waals surface area contributed by atoms with Gasteiger partial charge in [0.05, 0.1) is 0 Å². The van der Waals surface area contributed by atoms with Crippen LogP contribution in [0.25, 0.3) is 6.08 Å². The van der Waals surface area contributed by atoms with Crippen LogP contribution < -0.4 is 5.32 Å². The largest absolute Gasteiger partial charge is 0.480 e. The monoisotopic (exact) mass is 219 g/mol. The molecule has 4 heteroatoms. The number of carbonyl (C=O) groups excluding carboxylic acids is 1. The van der Waals surface area contributed by atoms with E-state index in [4.69, 9.17) is 5.11 Å². The second-order valence-corrected chi connectivity index (χ2v) is 3.31. The number of amides is 1. The maximum Gasteiger partial charge on any atom is 0.325 e. The molecule has 84 valence electrons. The third-order valence-corrected chi connectivity index (χ3v) is 1.96. The third kappa shape index (κ3) is 3.96. The van der Waals surface area contributed by atoms with Crippen LogP contribution in [0.1, 0.15) is 12.5 Å². The van der Waals surface area contributed by atoms with Crippen LogP contribution in [0.2, 0.25) is 0 Å². The van der Waals surface area contributed by atoms with E-state index in [1.54, 1.807) is 6.08 Å². The number of hydrogen-bond donors (Lipinski definition) is 2. The summed E-state index contributed by atoms with van der Waals surface area (Å²) in [4.78, 5) is 21.7. The molecule has 0 radical (unpaired) electrons. The van der Waals surface area contributed by atoms with Gasteiger partial charge >= 0.3 is 5.97 Å². The molecule has 1 atom stereocenters. The minimum Gasteiger partial charge on any atom is -0.480 e. The summed E-state index contributed by atoms with van der Waals surface area (Å²) in [6.45, 7) is 1.41. The first-order valence-corrected chi connectivity index (χ1v) is 4.86. The Morgan fingerprint density at radius 3 is 2.50 bits per heavy atom. The number of carboxylic acid groups (broad SMARTS) is 1. The summed E-state index contributed by atoms with van der Waals surface area (Å²) in [5, 5.41) is 10.9. The molecule has 1 aromatic carbocycles. The standard InChI is InChI=1S/C12H13NO3/c1-9(12(15)16)13-11(14)8-7-10-5-3-2-4-6-10/h2-9H,1H3,(H,13,14)(H,15,16)/b8-7-/t9-/m0/s1. The lowest BCUT2D eigenvalue weighted by Crippen LogP contribution is -2.37. The zero-order valence-corrected chi connectivity index (χ0v) is 8.88. The van der Waals surface area contributed by atoms with Crippen molar-refractivity contribution in [2.45, 2.75) is 13.0 Å². The van der Waals surface area contributed by atoms with E-state index in [9.17, 15) is 9.59 Å². The summed E-state index contributed by atoms with van der Waals surface area (Å²) in [6.07, 6.45) is 2.94. The van der Waals surface area contributed by atoms with Crippen LogP contribution in [0.15, 0.2) is 36.4 Å². The number of benzene rings is 1. The van der Waals surface area contributed by atoms with Gasteiger partial charge in [0, 0.05) is 6.08 Å². The van der Waals surface area contributed by atoms with Crippen molar-refractivity contribution in [3.63, 3.8) is 0 Å². The minimum atomic E-state index is -1.05. The van der Waals surface area contributed by atoms with E-state index in [2.05, 4.69) is 5.32 Å². The Morgan fingerprint density at radius 1 is 1.31 bits per heavy atom. The first-order valence-electron chi connectivity index (χ1n) is 4.86.